The monoisotopic (exact) mass is 281 g/mol. The van der Waals surface area contributed by atoms with Gasteiger partial charge in [-0.15, -0.1) is 0 Å². The summed E-state index contributed by atoms with van der Waals surface area (Å²) in [5, 5.41) is 0. The Morgan fingerprint density at radius 2 is 1.75 bits per heavy atom. The van der Waals surface area contributed by atoms with Crippen molar-refractivity contribution in [2.75, 3.05) is 34.4 Å². The Bertz CT molecular complexity index is 486. The van der Waals surface area contributed by atoms with Gasteiger partial charge in [-0.05, 0) is 25.1 Å². The van der Waals surface area contributed by atoms with Crippen LogP contribution in [-0.4, -0.2) is 51.2 Å². The lowest BCUT2D eigenvalue weighted by atomic mass is 10.1. The number of esters is 1. The molecule has 0 N–H and O–H groups in total. The van der Waals surface area contributed by atoms with E-state index in [1.54, 1.807) is 25.1 Å². The molecule has 0 spiro atoms. The maximum absolute atomic E-state index is 12.3. The minimum Gasteiger partial charge on any atom is -0.493 e. The van der Waals surface area contributed by atoms with Crippen LogP contribution in [0, 0.1) is 0 Å². The Labute approximate surface area is 118 Å². The fourth-order valence-corrected chi connectivity index (χ4v) is 1.70. The van der Waals surface area contributed by atoms with Crippen LogP contribution in [0.15, 0.2) is 18.2 Å². The quantitative estimate of drug-likeness (QED) is 0.736. The van der Waals surface area contributed by atoms with Crippen molar-refractivity contribution in [1.82, 2.24) is 4.90 Å². The zero-order valence-electron chi connectivity index (χ0n) is 12.1. The third-order valence-corrected chi connectivity index (χ3v) is 2.85. The van der Waals surface area contributed by atoms with Crippen molar-refractivity contribution in [2.45, 2.75) is 6.92 Å². The number of likely N-dealkylation sites (N-methyl/N-ethyl adjacent to an activating group) is 1. The van der Waals surface area contributed by atoms with Crippen LogP contribution in [0.5, 0.6) is 11.5 Å². The van der Waals surface area contributed by atoms with Gasteiger partial charge in [0.2, 0.25) is 0 Å². The minimum absolute atomic E-state index is 0.0832. The first kappa shape index (κ1) is 15.8. The largest absolute Gasteiger partial charge is 0.493 e. The van der Waals surface area contributed by atoms with Gasteiger partial charge in [0.15, 0.2) is 11.5 Å². The number of amides is 1. The van der Waals surface area contributed by atoms with E-state index in [0.29, 0.717) is 23.6 Å². The van der Waals surface area contributed by atoms with Crippen molar-refractivity contribution in [3.8, 4) is 11.5 Å². The molecule has 110 valence electrons. The van der Waals surface area contributed by atoms with Crippen LogP contribution < -0.4 is 9.47 Å². The molecule has 0 aliphatic rings. The molecule has 0 aromatic heterocycles. The lowest BCUT2D eigenvalue weighted by Gasteiger charge is -2.20. The molecule has 1 rings (SSSR count). The highest BCUT2D eigenvalue weighted by Crippen LogP contribution is 2.28. The van der Waals surface area contributed by atoms with E-state index in [-0.39, 0.29) is 12.5 Å². The van der Waals surface area contributed by atoms with E-state index in [1.165, 1.54) is 26.2 Å². The Hall–Kier alpha value is -2.24. The van der Waals surface area contributed by atoms with E-state index < -0.39 is 5.97 Å². The molecule has 0 fully saturated rings. The zero-order chi connectivity index (χ0) is 15.1. The third kappa shape index (κ3) is 3.63. The highest BCUT2D eigenvalue weighted by molar-refractivity contribution is 5.96. The van der Waals surface area contributed by atoms with Crippen LogP contribution in [0.4, 0.5) is 0 Å². The van der Waals surface area contributed by atoms with E-state index in [4.69, 9.17) is 9.47 Å². The standard InChI is InChI=1S/C14H19NO5/c1-5-15(9-13(16)20-4)14(17)10-6-7-11(18-2)12(8-10)19-3/h6-8H,5,9H2,1-4H3. The van der Waals surface area contributed by atoms with Gasteiger partial charge in [-0.2, -0.15) is 0 Å². The zero-order valence-corrected chi connectivity index (χ0v) is 12.1. The van der Waals surface area contributed by atoms with Crippen molar-refractivity contribution in [3.63, 3.8) is 0 Å². The molecule has 0 aliphatic heterocycles. The second kappa shape index (κ2) is 7.37. The lowest BCUT2D eigenvalue weighted by Crippen LogP contribution is -2.36. The van der Waals surface area contributed by atoms with Gasteiger partial charge in [0, 0.05) is 12.1 Å². The number of methoxy groups -OCH3 is 3. The number of hydrogen-bond acceptors (Lipinski definition) is 5. The number of hydrogen-bond donors (Lipinski definition) is 0. The molecule has 0 saturated carbocycles. The highest BCUT2D eigenvalue weighted by atomic mass is 16.5. The molecule has 1 aromatic carbocycles. The van der Waals surface area contributed by atoms with Gasteiger partial charge in [-0.3, -0.25) is 9.59 Å². The molecule has 20 heavy (non-hydrogen) atoms. The fourth-order valence-electron chi connectivity index (χ4n) is 1.70. The summed E-state index contributed by atoms with van der Waals surface area (Å²) in [7, 11) is 4.31. The number of carbonyl (C=O) groups is 2. The first-order valence-electron chi connectivity index (χ1n) is 6.15. The van der Waals surface area contributed by atoms with Crippen LogP contribution in [0.2, 0.25) is 0 Å². The minimum atomic E-state index is -0.458. The molecule has 0 saturated heterocycles. The predicted octanol–water partition coefficient (Wildman–Crippen LogP) is 1.34. The molecule has 0 aliphatic carbocycles. The average molecular weight is 281 g/mol. The van der Waals surface area contributed by atoms with E-state index in [9.17, 15) is 9.59 Å². The Morgan fingerprint density at radius 1 is 1.10 bits per heavy atom. The molecule has 6 nitrogen and oxygen atoms in total. The summed E-state index contributed by atoms with van der Waals surface area (Å²) in [5.74, 6) is 0.284. The van der Waals surface area contributed by atoms with Gasteiger partial charge in [0.1, 0.15) is 6.54 Å². The molecule has 1 amide bonds. The van der Waals surface area contributed by atoms with E-state index >= 15 is 0 Å². The first-order chi connectivity index (χ1) is 9.57. The second-order valence-electron chi connectivity index (χ2n) is 3.97. The normalized spacial score (nSPS) is 9.80. The first-order valence-corrected chi connectivity index (χ1v) is 6.15. The molecule has 0 radical (unpaired) electrons. The van der Waals surface area contributed by atoms with E-state index in [1.807, 2.05) is 0 Å². The lowest BCUT2D eigenvalue weighted by molar-refractivity contribution is -0.141. The maximum atomic E-state index is 12.3. The molecule has 1 aromatic rings. The maximum Gasteiger partial charge on any atom is 0.325 e. The summed E-state index contributed by atoms with van der Waals surface area (Å²) in [4.78, 5) is 25.0. The van der Waals surface area contributed by atoms with Crippen molar-refractivity contribution in [2.24, 2.45) is 0 Å². The molecule has 0 heterocycles. The second-order valence-corrected chi connectivity index (χ2v) is 3.97. The number of nitrogens with zero attached hydrogens (tertiary/aromatic N) is 1. The fraction of sp³-hybridized carbons (Fsp3) is 0.429. The van der Waals surface area contributed by atoms with Crippen LogP contribution in [0.25, 0.3) is 0 Å². The molecule has 0 atom stereocenters. The van der Waals surface area contributed by atoms with Gasteiger partial charge in [0.25, 0.3) is 5.91 Å². The van der Waals surface area contributed by atoms with E-state index in [0.717, 1.165) is 0 Å². The van der Waals surface area contributed by atoms with E-state index in [2.05, 4.69) is 4.74 Å². The molecular formula is C14H19NO5. The number of benzene rings is 1. The summed E-state index contributed by atoms with van der Waals surface area (Å²) in [6, 6.07) is 4.86. The van der Waals surface area contributed by atoms with Gasteiger partial charge in [0.05, 0.1) is 21.3 Å². The summed E-state index contributed by atoms with van der Waals surface area (Å²) in [6.07, 6.45) is 0. The van der Waals surface area contributed by atoms with Gasteiger partial charge in [-0.25, -0.2) is 0 Å². The summed E-state index contributed by atoms with van der Waals surface area (Å²) < 4.78 is 14.8. The van der Waals surface area contributed by atoms with Gasteiger partial charge >= 0.3 is 5.97 Å². The van der Waals surface area contributed by atoms with Crippen molar-refractivity contribution in [3.05, 3.63) is 23.8 Å². The van der Waals surface area contributed by atoms with Gasteiger partial charge in [-0.1, -0.05) is 0 Å². The number of carbonyl (C=O) groups excluding carboxylic acids is 2. The predicted molar refractivity (Wildman–Crippen MR) is 73.1 cm³/mol. The van der Waals surface area contributed by atoms with Crippen molar-refractivity contribution >= 4 is 11.9 Å². The Morgan fingerprint density at radius 3 is 2.25 bits per heavy atom. The summed E-state index contributed by atoms with van der Waals surface area (Å²) in [6.45, 7) is 2.12. The van der Waals surface area contributed by atoms with Crippen LogP contribution >= 0.6 is 0 Å². The molecule has 6 heteroatoms. The molecule has 0 bridgehead atoms. The Kier molecular flexibility index (Phi) is 5.83. The average Bonchev–Trinajstić information content (AvgIpc) is 2.50. The molecular weight excluding hydrogens is 262 g/mol. The Balaban J connectivity index is 2.97. The molecule has 0 unspecified atom stereocenters. The van der Waals surface area contributed by atoms with Crippen LogP contribution in [0.1, 0.15) is 17.3 Å². The van der Waals surface area contributed by atoms with Crippen LogP contribution in [-0.2, 0) is 9.53 Å². The topological polar surface area (TPSA) is 65.1 Å². The SMILES string of the molecule is CCN(CC(=O)OC)C(=O)c1ccc(OC)c(OC)c1. The van der Waals surface area contributed by atoms with Crippen molar-refractivity contribution < 1.29 is 23.8 Å². The van der Waals surface area contributed by atoms with Crippen molar-refractivity contribution in [1.29, 1.82) is 0 Å². The smallest absolute Gasteiger partial charge is 0.325 e. The van der Waals surface area contributed by atoms with Crippen LogP contribution in [0.3, 0.4) is 0 Å². The number of ether oxygens (including phenoxy) is 3. The third-order valence-electron chi connectivity index (χ3n) is 2.85. The highest BCUT2D eigenvalue weighted by Gasteiger charge is 2.19. The summed E-state index contributed by atoms with van der Waals surface area (Å²) >= 11 is 0. The number of rotatable bonds is 6. The van der Waals surface area contributed by atoms with Gasteiger partial charge < -0.3 is 19.1 Å². The summed E-state index contributed by atoms with van der Waals surface area (Å²) in [5.41, 5.74) is 0.424.